The molecule has 17 heavy (non-hydrogen) atoms. The quantitative estimate of drug-likeness (QED) is 0.796. The third-order valence-electron chi connectivity index (χ3n) is 2.86. The summed E-state index contributed by atoms with van der Waals surface area (Å²) < 4.78 is 0.330. The fraction of sp³-hybridized carbons (Fsp3) is 0.636. The van der Waals surface area contributed by atoms with Gasteiger partial charge in [-0.2, -0.15) is 16.7 Å². The molecule has 1 aliphatic heterocycles. The molecule has 1 aromatic heterocycles. The van der Waals surface area contributed by atoms with E-state index in [-0.39, 0.29) is 5.95 Å². The molecule has 0 spiro atoms. The van der Waals surface area contributed by atoms with E-state index in [1.165, 1.54) is 0 Å². The summed E-state index contributed by atoms with van der Waals surface area (Å²) in [5.74, 6) is 2.17. The zero-order valence-electron chi connectivity index (χ0n) is 10.1. The minimum absolute atomic E-state index is 0.240. The van der Waals surface area contributed by atoms with E-state index in [0.717, 1.165) is 31.1 Å². The van der Waals surface area contributed by atoms with Gasteiger partial charge in [-0.1, -0.05) is 25.4 Å². The summed E-state index contributed by atoms with van der Waals surface area (Å²) in [5.41, 5.74) is 5.62. The van der Waals surface area contributed by atoms with Crippen LogP contribution in [0.15, 0.2) is 6.07 Å². The Balaban J connectivity index is 2.17. The molecule has 1 saturated heterocycles. The molecule has 0 radical (unpaired) electrons. The molecule has 1 aromatic rings. The maximum absolute atomic E-state index is 5.90. The van der Waals surface area contributed by atoms with E-state index >= 15 is 0 Å². The average Bonchev–Trinajstić information content (AvgIpc) is 2.38. The van der Waals surface area contributed by atoms with Gasteiger partial charge in [0.15, 0.2) is 0 Å². The molecule has 2 rings (SSSR count). The maximum atomic E-state index is 5.90. The van der Waals surface area contributed by atoms with Crippen LogP contribution in [0.4, 0.5) is 11.8 Å². The van der Waals surface area contributed by atoms with Gasteiger partial charge in [-0.3, -0.25) is 0 Å². The molecule has 4 nitrogen and oxygen atoms in total. The molecule has 0 unspecified atom stereocenters. The number of nitrogens with zero attached hydrogens (tertiary/aromatic N) is 3. The molecule has 0 atom stereocenters. The topological polar surface area (TPSA) is 55.0 Å². The van der Waals surface area contributed by atoms with Crippen molar-refractivity contribution in [3.63, 3.8) is 0 Å². The average molecular weight is 273 g/mol. The van der Waals surface area contributed by atoms with Crippen molar-refractivity contribution in [2.24, 2.45) is 0 Å². The second-order valence-electron chi connectivity index (χ2n) is 4.75. The lowest BCUT2D eigenvalue weighted by molar-refractivity contribution is 0.635. The van der Waals surface area contributed by atoms with Gasteiger partial charge in [-0.05, 0) is 6.42 Å². The van der Waals surface area contributed by atoms with Crippen molar-refractivity contribution < 1.29 is 0 Å². The highest BCUT2D eigenvalue weighted by atomic mass is 35.5. The highest BCUT2D eigenvalue weighted by Gasteiger charge is 2.24. The summed E-state index contributed by atoms with van der Waals surface area (Å²) in [4.78, 5) is 10.4. The third kappa shape index (κ3) is 3.39. The number of nitrogen functional groups attached to an aromatic ring is 1. The lowest BCUT2D eigenvalue weighted by Gasteiger charge is -2.23. The zero-order valence-corrected chi connectivity index (χ0v) is 11.7. The van der Waals surface area contributed by atoms with Crippen molar-refractivity contribution in [1.29, 1.82) is 0 Å². The summed E-state index contributed by atoms with van der Waals surface area (Å²) in [6, 6.07) is 1.78. The number of thioether (sulfide) groups is 1. The monoisotopic (exact) mass is 272 g/mol. The Labute approximate surface area is 111 Å². The van der Waals surface area contributed by atoms with Crippen LogP contribution in [0.25, 0.3) is 0 Å². The Hall–Kier alpha value is -0.680. The van der Waals surface area contributed by atoms with Gasteiger partial charge in [0.05, 0.1) is 0 Å². The first kappa shape index (κ1) is 12.8. The smallest absolute Gasteiger partial charge is 0.223 e. The summed E-state index contributed by atoms with van der Waals surface area (Å²) in [7, 11) is 0. The van der Waals surface area contributed by atoms with Crippen LogP contribution in [-0.4, -0.2) is 33.6 Å². The minimum atomic E-state index is 0.240. The molecule has 1 fully saturated rings. The molecular formula is C11H17ClN4S. The van der Waals surface area contributed by atoms with Crippen LogP contribution < -0.4 is 10.6 Å². The minimum Gasteiger partial charge on any atom is -0.368 e. The Morgan fingerprint density at radius 2 is 2.18 bits per heavy atom. The van der Waals surface area contributed by atoms with Gasteiger partial charge < -0.3 is 10.6 Å². The Morgan fingerprint density at radius 3 is 2.88 bits per heavy atom. The molecule has 94 valence electrons. The highest BCUT2D eigenvalue weighted by molar-refractivity contribution is 8.00. The fourth-order valence-corrected chi connectivity index (χ4v) is 3.12. The van der Waals surface area contributed by atoms with Gasteiger partial charge in [-0.25, -0.2) is 4.98 Å². The number of hydrogen-bond acceptors (Lipinski definition) is 5. The van der Waals surface area contributed by atoms with Crippen LogP contribution in [0.1, 0.15) is 20.3 Å². The largest absolute Gasteiger partial charge is 0.368 e. The first-order chi connectivity index (χ1) is 7.96. The Bertz CT molecular complexity index is 390. The van der Waals surface area contributed by atoms with Crippen molar-refractivity contribution in [3.05, 3.63) is 11.2 Å². The second kappa shape index (κ2) is 4.90. The standard InChI is InChI=1S/C11H17ClN4S/c1-11(2)3-4-16(5-6-17-11)9-7-8(12)14-10(13)15-9/h7H,3-6H2,1-2H3,(H2,13,14,15). The lowest BCUT2D eigenvalue weighted by Crippen LogP contribution is -2.28. The maximum Gasteiger partial charge on any atom is 0.223 e. The van der Waals surface area contributed by atoms with Gasteiger partial charge >= 0.3 is 0 Å². The molecule has 1 aliphatic rings. The van der Waals surface area contributed by atoms with Crippen molar-refractivity contribution >= 4 is 35.1 Å². The Kier molecular flexibility index (Phi) is 3.68. The number of nitrogens with two attached hydrogens (primary N) is 1. The van der Waals surface area contributed by atoms with Crippen molar-refractivity contribution in [1.82, 2.24) is 9.97 Å². The van der Waals surface area contributed by atoms with E-state index in [9.17, 15) is 0 Å². The van der Waals surface area contributed by atoms with E-state index in [1.807, 2.05) is 11.8 Å². The first-order valence-corrected chi connectivity index (χ1v) is 7.02. The van der Waals surface area contributed by atoms with Gasteiger partial charge in [-0.15, -0.1) is 0 Å². The zero-order chi connectivity index (χ0) is 12.5. The van der Waals surface area contributed by atoms with Crippen LogP contribution in [0, 0.1) is 0 Å². The van der Waals surface area contributed by atoms with Crippen LogP contribution in [0.2, 0.25) is 5.15 Å². The summed E-state index contributed by atoms with van der Waals surface area (Å²) in [6.45, 7) is 6.51. The number of aromatic nitrogens is 2. The number of halogens is 1. The van der Waals surface area contributed by atoms with E-state index < -0.39 is 0 Å². The molecule has 0 aliphatic carbocycles. The predicted molar refractivity (Wildman–Crippen MR) is 74.8 cm³/mol. The molecule has 0 amide bonds. The van der Waals surface area contributed by atoms with Gasteiger partial charge in [0.1, 0.15) is 11.0 Å². The van der Waals surface area contributed by atoms with Crippen molar-refractivity contribution in [3.8, 4) is 0 Å². The molecule has 0 saturated carbocycles. The second-order valence-corrected chi connectivity index (χ2v) is 6.94. The van der Waals surface area contributed by atoms with Crippen LogP contribution in [0.3, 0.4) is 0 Å². The predicted octanol–water partition coefficient (Wildman–Crippen LogP) is 2.43. The van der Waals surface area contributed by atoms with Crippen molar-refractivity contribution in [2.45, 2.75) is 25.0 Å². The van der Waals surface area contributed by atoms with E-state index in [1.54, 1.807) is 6.07 Å². The van der Waals surface area contributed by atoms with E-state index in [0.29, 0.717) is 9.90 Å². The van der Waals surface area contributed by atoms with Crippen LogP contribution >= 0.6 is 23.4 Å². The lowest BCUT2D eigenvalue weighted by atomic mass is 10.1. The molecule has 6 heteroatoms. The third-order valence-corrected chi connectivity index (χ3v) is 4.43. The fourth-order valence-electron chi connectivity index (χ4n) is 1.83. The SMILES string of the molecule is CC1(C)CCN(c2cc(Cl)nc(N)n2)CCS1. The molecule has 2 N–H and O–H groups in total. The van der Waals surface area contributed by atoms with Crippen LogP contribution in [-0.2, 0) is 0 Å². The molecule has 2 heterocycles. The molecule has 0 bridgehead atoms. The number of rotatable bonds is 1. The first-order valence-electron chi connectivity index (χ1n) is 5.65. The normalized spacial score (nSPS) is 20.1. The van der Waals surface area contributed by atoms with E-state index in [4.69, 9.17) is 17.3 Å². The summed E-state index contributed by atoms with van der Waals surface area (Å²) in [5, 5.41) is 0.406. The number of hydrogen-bond donors (Lipinski definition) is 1. The van der Waals surface area contributed by atoms with Crippen molar-refractivity contribution in [2.75, 3.05) is 29.5 Å². The molecular weight excluding hydrogens is 256 g/mol. The van der Waals surface area contributed by atoms with E-state index in [2.05, 4.69) is 28.7 Å². The molecule has 0 aromatic carbocycles. The van der Waals surface area contributed by atoms with Gasteiger partial charge in [0, 0.05) is 29.7 Å². The van der Waals surface area contributed by atoms with Gasteiger partial charge in [0.25, 0.3) is 0 Å². The Morgan fingerprint density at radius 1 is 1.41 bits per heavy atom. The number of anilines is 2. The van der Waals surface area contributed by atoms with Crippen LogP contribution in [0.5, 0.6) is 0 Å². The highest BCUT2D eigenvalue weighted by Crippen LogP contribution is 2.32. The summed E-state index contributed by atoms with van der Waals surface area (Å²) >= 11 is 7.90. The summed E-state index contributed by atoms with van der Waals surface area (Å²) in [6.07, 6.45) is 1.12. The van der Waals surface area contributed by atoms with Gasteiger partial charge in [0.2, 0.25) is 5.95 Å².